The topological polar surface area (TPSA) is 81.2 Å². The maximum atomic E-state index is 8.96. The van der Waals surface area contributed by atoms with Crippen molar-refractivity contribution >= 4 is 11.8 Å². The Morgan fingerprint density at radius 1 is 1.22 bits per heavy atom. The van der Waals surface area contributed by atoms with Crippen molar-refractivity contribution in [3.05, 3.63) is 18.2 Å². The molecule has 0 unspecified atom stereocenters. The van der Waals surface area contributed by atoms with Crippen LogP contribution < -0.4 is 9.47 Å². The zero-order chi connectivity index (χ0) is 16.2. The van der Waals surface area contributed by atoms with Crippen LogP contribution in [0.25, 0.3) is 11.5 Å². The maximum Gasteiger partial charge on any atom is 0.277 e. The smallest absolute Gasteiger partial charge is 0.277 e. The first-order valence-electron chi connectivity index (χ1n) is 7.35. The minimum Gasteiger partial charge on any atom is -0.493 e. The largest absolute Gasteiger partial charge is 0.493 e. The molecule has 1 aromatic heterocycles. The van der Waals surface area contributed by atoms with Crippen LogP contribution in [-0.4, -0.2) is 29.7 Å². The number of thioether (sulfide) groups is 1. The second-order valence-corrected chi connectivity index (χ2v) is 6.57. The van der Waals surface area contributed by atoms with Crippen LogP contribution in [0, 0.1) is 17.2 Å². The van der Waals surface area contributed by atoms with E-state index in [4.69, 9.17) is 19.2 Å². The van der Waals surface area contributed by atoms with Gasteiger partial charge in [0, 0.05) is 16.7 Å². The first kappa shape index (κ1) is 15.7. The molecule has 7 heteroatoms. The highest BCUT2D eigenvalue weighted by Gasteiger charge is 2.27. The van der Waals surface area contributed by atoms with Gasteiger partial charge >= 0.3 is 0 Å². The minimum atomic E-state index is 0.153. The van der Waals surface area contributed by atoms with Gasteiger partial charge in [0.25, 0.3) is 5.22 Å². The maximum absolute atomic E-state index is 8.96. The van der Waals surface area contributed by atoms with Crippen LogP contribution in [0.5, 0.6) is 11.5 Å². The molecular weight excluding hydrogens is 314 g/mol. The van der Waals surface area contributed by atoms with Gasteiger partial charge in [-0.2, -0.15) is 5.26 Å². The van der Waals surface area contributed by atoms with E-state index >= 15 is 0 Å². The number of nitrogens with zero attached hydrogens (tertiary/aromatic N) is 3. The number of nitriles is 1. The number of aromatic nitrogens is 2. The molecule has 0 aliphatic heterocycles. The van der Waals surface area contributed by atoms with Crippen LogP contribution in [0.2, 0.25) is 0 Å². The quantitative estimate of drug-likeness (QED) is 0.828. The molecule has 0 radical (unpaired) electrons. The molecule has 1 saturated carbocycles. The Bertz CT molecular complexity index is 726. The number of benzene rings is 1. The predicted octanol–water partition coefficient (Wildman–Crippen LogP) is 3.54. The summed E-state index contributed by atoms with van der Waals surface area (Å²) in [5.74, 6) is 1.87. The third kappa shape index (κ3) is 3.42. The van der Waals surface area contributed by atoms with Crippen LogP contribution in [0.1, 0.15) is 19.3 Å². The molecule has 1 aliphatic rings. The fourth-order valence-electron chi connectivity index (χ4n) is 2.65. The molecule has 1 aromatic carbocycles. The molecule has 3 rings (SSSR count). The van der Waals surface area contributed by atoms with Gasteiger partial charge in [-0.1, -0.05) is 11.8 Å². The second kappa shape index (κ2) is 6.92. The van der Waals surface area contributed by atoms with E-state index in [-0.39, 0.29) is 5.92 Å². The van der Waals surface area contributed by atoms with Crippen molar-refractivity contribution in [1.82, 2.24) is 10.2 Å². The molecule has 6 nitrogen and oxygen atoms in total. The third-order valence-electron chi connectivity index (χ3n) is 3.87. The average Bonchev–Trinajstić information content (AvgIpc) is 3.24. The average molecular weight is 331 g/mol. The van der Waals surface area contributed by atoms with Crippen LogP contribution in [-0.2, 0) is 0 Å². The summed E-state index contributed by atoms with van der Waals surface area (Å²) in [4.78, 5) is 0. The van der Waals surface area contributed by atoms with Crippen molar-refractivity contribution < 1.29 is 13.9 Å². The van der Waals surface area contributed by atoms with Crippen molar-refractivity contribution in [2.45, 2.75) is 29.7 Å². The van der Waals surface area contributed by atoms with E-state index in [1.165, 1.54) is 0 Å². The van der Waals surface area contributed by atoms with E-state index in [1.807, 2.05) is 12.1 Å². The lowest BCUT2D eigenvalue weighted by atomic mass is 10.1. The van der Waals surface area contributed by atoms with Crippen LogP contribution in [0.4, 0.5) is 0 Å². The summed E-state index contributed by atoms with van der Waals surface area (Å²) < 4.78 is 16.2. The van der Waals surface area contributed by atoms with Crippen LogP contribution in [0.15, 0.2) is 27.8 Å². The molecule has 0 saturated heterocycles. The fourth-order valence-corrected chi connectivity index (χ4v) is 3.73. The second-order valence-electron chi connectivity index (χ2n) is 5.32. The first-order chi connectivity index (χ1) is 11.2. The van der Waals surface area contributed by atoms with Crippen molar-refractivity contribution in [3.63, 3.8) is 0 Å². The van der Waals surface area contributed by atoms with Gasteiger partial charge in [-0.25, -0.2) is 0 Å². The number of hydrogen-bond donors (Lipinski definition) is 0. The van der Waals surface area contributed by atoms with Crippen molar-refractivity contribution in [2.24, 2.45) is 5.92 Å². The number of rotatable bonds is 5. The normalized spacial score (nSPS) is 20.2. The zero-order valence-electron chi connectivity index (χ0n) is 13.0. The number of methoxy groups -OCH3 is 2. The molecular formula is C16H17N3O3S. The monoisotopic (exact) mass is 331 g/mol. The molecule has 23 heavy (non-hydrogen) atoms. The Morgan fingerprint density at radius 3 is 2.74 bits per heavy atom. The molecule has 0 spiro atoms. The van der Waals surface area contributed by atoms with Gasteiger partial charge in [0.1, 0.15) is 0 Å². The zero-order valence-corrected chi connectivity index (χ0v) is 13.8. The molecule has 2 aromatic rings. The fraction of sp³-hybridized carbons (Fsp3) is 0.438. The summed E-state index contributed by atoms with van der Waals surface area (Å²) in [6.07, 6.45) is 2.84. The Labute approximate surface area is 138 Å². The Hall–Kier alpha value is -2.20. The predicted molar refractivity (Wildman–Crippen MR) is 85.4 cm³/mol. The summed E-state index contributed by atoms with van der Waals surface area (Å²) in [6, 6.07) is 7.79. The highest BCUT2D eigenvalue weighted by molar-refractivity contribution is 7.99. The lowest BCUT2D eigenvalue weighted by molar-refractivity contribution is 0.355. The minimum absolute atomic E-state index is 0.153. The van der Waals surface area contributed by atoms with Crippen LogP contribution >= 0.6 is 11.8 Å². The molecule has 120 valence electrons. The van der Waals surface area contributed by atoms with Crippen LogP contribution in [0.3, 0.4) is 0 Å². The summed E-state index contributed by atoms with van der Waals surface area (Å²) in [6.45, 7) is 0. The molecule has 0 N–H and O–H groups in total. The lowest BCUT2D eigenvalue weighted by Gasteiger charge is -2.07. The number of ether oxygens (including phenoxy) is 2. The lowest BCUT2D eigenvalue weighted by Crippen LogP contribution is -1.95. The van der Waals surface area contributed by atoms with E-state index in [9.17, 15) is 0 Å². The summed E-state index contributed by atoms with van der Waals surface area (Å²) in [5.41, 5.74) is 0.781. The highest BCUT2D eigenvalue weighted by atomic mass is 32.2. The van der Waals surface area contributed by atoms with Gasteiger partial charge in [0.05, 0.1) is 20.3 Å². The van der Waals surface area contributed by atoms with Gasteiger partial charge in [0.15, 0.2) is 11.5 Å². The first-order valence-corrected chi connectivity index (χ1v) is 8.23. The molecule has 0 amide bonds. The van der Waals surface area contributed by atoms with Gasteiger partial charge in [-0.05, 0) is 37.5 Å². The van der Waals surface area contributed by atoms with Crippen molar-refractivity contribution in [2.75, 3.05) is 14.2 Å². The van der Waals surface area contributed by atoms with Crippen molar-refractivity contribution in [1.29, 1.82) is 5.26 Å². The summed E-state index contributed by atoms with van der Waals surface area (Å²) in [7, 11) is 3.18. The van der Waals surface area contributed by atoms with Crippen molar-refractivity contribution in [3.8, 4) is 29.0 Å². The summed E-state index contributed by atoms with van der Waals surface area (Å²) >= 11 is 1.56. The van der Waals surface area contributed by atoms with Gasteiger partial charge in [-0.15, -0.1) is 10.2 Å². The van der Waals surface area contributed by atoms with E-state index in [1.54, 1.807) is 32.0 Å². The van der Waals surface area contributed by atoms with E-state index in [0.717, 1.165) is 24.8 Å². The summed E-state index contributed by atoms with van der Waals surface area (Å²) in [5, 5.41) is 18.1. The molecule has 0 bridgehead atoms. The molecule has 1 heterocycles. The van der Waals surface area contributed by atoms with Gasteiger partial charge in [-0.3, -0.25) is 0 Å². The Kier molecular flexibility index (Phi) is 4.72. The van der Waals surface area contributed by atoms with E-state index in [0.29, 0.717) is 27.9 Å². The Morgan fingerprint density at radius 2 is 2.04 bits per heavy atom. The standard InChI is InChI=1S/C16H17N3O3S/c1-20-13-6-4-11(8-14(13)21-2)15-18-19-16(22-15)23-12-5-3-10(7-12)9-17/h4,6,8,10,12H,3,5,7H2,1-2H3/t10-,12-/m1/s1. The van der Waals surface area contributed by atoms with Gasteiger partial charge < -0.3 is 13.9 Å². The Balaban J connectivity index is 1.73. The highest BCUT2D eigenvalue weighted by Crippen LogP contribution is 2.38. The molecule has 2 atom stereocenters. The van der Waals surface area contributed by atoms with E-state index < -0.39 is 0 Å². The van der Waals surface area contributed by atoms with E-state index in [2.05, 4.69) is 16.3 Å². The molecule has 1 fully saturated rings. The number of hydrogen-bond acceptors (Lipinski definition) is 7. The van der Waals surface area contributed by atoms with Gasteiger partial charge in [0.2, 0.25) is 5.89 Å². The third-order valence-corrected chi connectivity index (χ3v) is 5.00. The SMILES string of the molecule is COc1ccc(-c2nnc(S[C@@H]3CC[C@@H](C#N)C3)o2)cc1OC. The molecule has 1 aliphatic carbocycles.